The lowest BCUT2D eigenvalue weighted by Gasteiger charge is -2.20. The summed E-state index contributed by atoms with van der Waals surface area (Å²) in [6, 6.07) is 4.18. The van der Waals surface area contributed by atoms with Crippen LogP contribution >= 0.6 is 15.9 Å². The summed E-state index contributed by atoms with van der Waals surface area (Å²) in [6.45, 7) is 5.24. The second kappa shape index (κ2) is 6.34. The smallest absolute Gasteiger partial charge is 0.407 e. The number of carbonyl (C=O) groups excluding carboxylic acids is 1. The number of carbonyl (C=O) groups is 1. The summed E-state index contributed by atoms with van der Waals surface area (Å²) >= 11 is 3.04. The van der Waals surface area contributed by atoms with E-state index in [1.54, 1.807) is 20.8 Å². The third kappa shape index (κ3) is 5.57. The maximum atomic E-state index is 13.0. The van der Waals surface area contributed by atoms with Gasteiger partial charge in [0.05, 0.1) is 17.1 Å². The molecular formula is C13H17BrFNO3. The number of ether oxygens (including phenoxy) is 1. The molecule has 106 valence electrons. The number of hydrogen-bond acceptors (Lipinski definition) is 3. The fraction of sp³-hybridized carbons (Fsp3) is 0.462. The highest BCUT2D eigenvalue weighted by Crippen LogP contribution is 2.21. The van der Waals surface area contributed by atoms with Gasteiger partial charge in [-0.3, -0.25) is 0 Å². The maximum absolute atomic E-state index is 13.0. The van der Waals surface area contributed by atoms with Gasteiger partial charge < -0.3 is 15.2 Å². The van der Waals surface area contributed by atoms with Crippen LogP contribution in [0, 0.1) is 5.82 Å². The molecule has 1 aromatic rings. The number of benzene rings is 1. The van der Waals surface area contributed by atoms with Crippen molar-refractivity contribution in [2.75, 3.05) is 6.54 Å². The number of alkyl carbamates (subject to hydrolysis) is 1. The Balaban J connectivity index is 2.53. The quantitative estimate of drug-likeness (QED) is 0.893. The summed E-state index contributed by atoms with van der Waals surface area (Å²) in [5, 5.41) is 12.3. The second-order valence-corrected chi connectivity index (χ2v) is 5.93. The first-order valence-corrected chi connectivity index (χ1v) is 6.58. The molecule has 2 N–H and O–H groups in total. The van der Waals surface area contributed by atoms with Gasteiger partial charge in [-0.25, -0.2) is 9.18 Å². The SMILES string of the molecule is CC(C)(C)OC(=O)NC[C@@H](O)c1ccc(F)c(Br)c1. The fourth-order valence-electron chi connectivity index (χ4n) is 1.33. The Labute approximate surface area is 120 Å². The van der Waals surface area contributed by atoms with Gasteiger partial charge in [-0.15, -0.1) is 0 Å². The predicted molar refractivity (Wildman–Crippen MR) is 73.3 cm³/mol. The molecule has 0 heterocycles. The standard InChI is InChI=1S/C13H17BrFNO3/c1-13(2,3)19-12(18)16-7-11(17)8-4-5-10(15)9(14)6-8/h4-6,11,17H,7H2,1-3H3,(H,16,18)/t11-/m1/s1. The summed E-state index contributed by atoms with van der Waals surface area (Å²) in [5.74, 6) is -0.406. The minimum atomic E-state index is -0.926. The van der Waals surface area contributed by atoms with Gasteiger partial charge in [0.1, 0.15) is 11.4 Å². The van der Waals surface area contributed by atoms with Crippen LogP contribution in [0.5, 0.6) is 0 Å². The third-order valence-corrected chi connectivity index (χ3v) is 2.77. The second-order valence-electron chi connectivity index (χ2n) is 5.07. The maximum Gasteiger partial charge on any atom is 0.407 e. The van der Waals surface area contributed by atoms with E-state index in [1.165, 1.54) is 18.2 Å². The van der Waals surface area contributed by atoms with Crippen LogP contribution < -0.4 is 5.32 Å². The lowest BCUT2D eigenvalue weighted by atomic mass is 10.1. The van der Waals surface area contributed by atoms with Gasteiger partial charge in [0.25, 0.3) is 0 Å². The Hall–Kier alpha value is -1.14. The molecule has 1 rings (SSSR count). The van der Waals surface area contributed by atoms with E-state index in [2.05, 4.69) is 21.2 Å². The van der Waals surface area contributed by atoms with Crippen LogP contribution in [0.15, 0.2) is 22.7 Å². The zero-order valence-electron chi connectivity index (χ0n) is 11.0. The molecule has 0 saturated carbocycles. The molecule has 0 aliphatic rings. The third-order valence-electron chi connectivity index (χ3n) is 2.17. The zero-order chi connectivity index (χ0) is 14.6. The number of nitrogens with one attached hydrogen (secondary N) is 1. The molecule has 6 heteroatoms. The van der Waals surface area contributed by atoms with Crippen molar-refractivity contribution < 1.29 is 19.0 Å². The van der Waals surface area contributed by atoms with Crippen LogP contribution in [0.2, 0.25) is 0 Å². The van der Waals surface area contributed by atoms with Gasteiger partial charge in [-0.05, 0) is 54.4 Å². The first-order valence-electron chi connectivity index (χ1n) is 5.79. The summed E-state index contributed by atoms with van der Waals surface area (Å²) < 4.78 is 18.3. The molecule has 0 radical (unpaired) electrons. The van der Waals surface area contributed by atoms with Crippen LogP contribution in [0.25, 0.3) is 0 Å². The minimum Gasteiger partial charge on any atom is -0.444 e. The Morgan fingerprint density at radius 1 is 1.53 bits per heavy atom. The Bertz CT molecular complexity index is 460. The summed E-state index contributed by atoms with van der Waals surface area (Å²) in [5.41, 5.74) is -0.0853. The minimum absolute atomic E-state index is 0.00696. The van der Waals surface area contributed by atoms with Crippen LogP contribution in [-0.4, -0.2) is 23.3 Å². The highest BCUT2D eigenvalue weighted by Gasteiger charge is 2.17. The molecule has 1 atom stereocenters. The van der Waals surface area contributed by atoms with Gasteiger partial charge >= 0.3 is 6.09 Å². The zero-order valence-corrected chi connectivity index (χ0v) is 12.6. The van der Waals surface area contributed by atoms with Crippen LogP contribution in [0.3, 0.4) is 0 Å². The average Bonchev–Trinajstić information content (AvgIpc) is 2.27. The van der Waals surface area contributed by atoms with Crippen molar-refractivity contribution in [1.29, 1.82) is 0 Å². The number of halogens is 2. The first-order chi connectivity index (χ1) is 8.69. The van der Waals surface area contributed by atoms with Crippen LogP contribution in [0.4, 0.5) is 9.18 Å². The number of aliphatic hydroxyl groups is 1. The molecule has 1 aromatic carbocycles. The molecule has 0 spiro atoms. The summed E-state index contributed by atoms with van der Waals surface area (Å²) in [4.78, 5) is 11.4. The first kappa shape index (κ1) is 15.9. The van der Waals surface area contributed by atoms with Crippen molar-refractivity contribution in [3.8, 4) is 0 Å². The number of aliphatic hydroxyl groups excluding tert-OH is 1. The summed E-state index contributed by atoms with van der Waals surface area (Å²) in [6.07, 6.45) is -1.53. The van der Waals surface area contributed by atoms with Crippen molar-refractivity contribution in [1.82, 2.24) is 5.32 Å². The van der Waals surface area contributed by atoms with Crippen molar-refractivity contribution in [3.63, 3.8) is 0 Å². The van der Waals surface area contributed by atoms with E-state index >= 15 is 0 Å². The molecule has 19 heavy (non-hydrogen) atoms. The molecular weight excluding hydrogens is 317 g/mol. The van der Waals surface area contributed by atoms with E-state index < -0.39 is 23.6 Å². The van der Waals surface area contributed by atoms with Crippen molar-refractivity contribution in [2.45, 2.75) is 32.5 Å². The van der Waals surface area contributed by atoms with Gasteiger partial charge in [0.2, 0.25) is 0 Å². The van der Waals surface area contributed by atoms with E-state index in [1.807, 2.05) is 0 Å². The number of rotatable bonds is 3. The van der Waals surface area contributed by atoms with Crippen molar-refractivity contribution in [2.24, 2.45) is 0 Å². The van der Waals surface area contributed by atoms with Gasteiger partial charge in [-0.2, -0.15) is 0 Å². The highest BCUT2D eigenvalue weighted by atomic mass is 79.9. The molecule has 0 unspecified atom stereocenters. The molecule has 0 bridgehead atoms. The molecule has 0 fully saturated rings. The van der Waals surface area contributed by atoms with E-state index in [0.717, 1.165) is 0 Å². The Morgan fingerprint density at radius 2 is 2.16 bits per heavy atom. The lowest BCUT2D eigenvalue weighted by molar-refractivity contribution is 0.0491. The normalized spacial score (nSPS) is 12.9. The fourth-order valence-corrected chi connectivity index (χ4v) is 1.73. The molecule has 1 amide bonds. The molecule has 4 nitrogen and oxygen atoms in total. The molecule has 0 aliphatic heterocycles. The number of amides is 1. The van der Waals surface area contributed by atoms with Gasteiger partial charge in [-0.1, -0.05) is 6.07 Å². The van der Waals surface area contributed by atoms with Crippen LogP contribution in [0.1, 0.15) is 32.4 Å². The van der Waals surface area contributed by atoms with E-state index in [0.29, 0.717) is 5.56 Å². The Kier molecular flexibility index (Phi) is 5.31. The van der Waals surface area contributed by atoms with Gasteiger partial charge in [0.15, 0.2) is 0 Å². The molecule has 0 aromatic heterocycles. The van der Waals surface area contributed by atoms with Crippen LogP contribution in [-0.2, 0) is 4.74 Å². The van der Waals surface area contributed by atoms with E-state index in [-0.39, 0.29) is 11.0 Å². The van der Waals surface area contributed by atoms with Crippen molar-refractivity contribution in [3.05, 3.63) is 34.1 Å². The molecule has 0 aliphatic carbocycles. The highest BCUT2D eigenvalue weighted by molar-refractivity contribution is 9.10. The number of hydrogen-bond donors (Lipinski definition) is 2. The van der Waals surface area contributed by atoms with E-state index in [9.17, 15) is 14.3 Å². The largest absolute Gasteiger partial charge is 0.444 e. The Morgan fingerprint density at radius 3 is 2.68 bits per heavy atom. The predicted octanol–water partition coefficient (Wildman–Crippen LogP) is 3.15. The average molecular weight is 334 g/mol. The lowest BCUT2D eigenvalue weighted by Crippen LogP contribution is -2.34. The summed E-state index contributed by atoms with van der Waals surface area (Å²) in [7, 11) is 0. The van der Waals surface area contributed by atoms with Crippen molar-refractivity contribution >= 4 is 22.0 Å². The topological polar surface area (TPSA) is 58.6 Å². The van der Waals surface area contributed by atoms with Gasteiger partial charge in [0, 0.05) is 0 Å². The monoisotopic (exact) mass is 333 g/mol. The van der Waals surface area contributed by atoms with E-state index in [4.69, 9.17) is 4.74 Å². The molecule has 0 saturated heterocycles.